The number of halogens is 1. The van der Waals surface area contributed by atoms with Gasteiger partial charge in [-0.25, -0.2) is 0 Å². The number of hydrogen-bond donors (Lipinski definition) is 2. The summed E-state index contributed by atoms with van der Waals surface area (Å²) in [7, 11) is 2.12. The third kappa shape index (κ3) is 2.69. The van der Waals surface area contributed by atoms with Crippen molar-refractivity contribution in [1.82, 2.24) is 4.90 Å². The Labute approximate surface area is 124 Å². The largest absolute Gasteiger partial charge is 0.409 e. The number of oxime groups is 1. The highest BCUT2D eigenvalue weighted by Gasteiger charge is 2.32. The van der Waals surface area contributed by atoms with Crippen LogP contribution in [0.5, 0.6) is 0 Å². The molecule has 0 saturated carbocycles. The molecule has 0 spiro atoms. The van der Waals surface area contributed by atoms with E-state index in [2.05, 4.69) is 35.9 Å². The Bertz CT molecular complexity index is 530. The maximum atomic E-state index is 8.96. The zero-order valence-corrected chi connectivity index (χ0v) is 12.9. The molecule has 0 aromatic heterocycles. The van der Waals surface area contributed by atoms with E-state index in [4.69, 9.17) is 22.5 Å². The molecule has 1 aromatic rings. The smallest absolute Gasteiger partial charge is 0.173 e. The summed E-state index contributed by atoms with van der Waals surface area (Å²) >= 11 is 6.21. The van der Waals surface area contributed by atoms with E-state index < -0.39 is 0 Å². The van der Waals surface area contributed by atoms with Gasteiger partial charge in [0.05, 0.1) is 10.6 Å². The Morgan fingerprint density at radius 1 is 1.40 bits per heavy atom. The lowest BCUT2D eigenvalue weighted by Crippen LogP contribution is -2.58. The van der Waals surface area contributed by atoms with Crippen LogP contribution in [0.1, 0.15) is 19.4 Å². The fraction of sp³-hybridized carbons (Fsp3) is 0.500. The van der Waals surface area contributed by atoms with Crippen LogP contribution in [0.3, 0.4) is 0 Å². The van der Waals surface area contributed by atoms with Crippen molar-refractivity contribution in [3.05, 3.63) is 28.8 Å². The van der Waals surface area contributed by atoms with Gasteiger partial charge in [-0.3, -0.25) is 4.90 Å². The van der Waals surface area contributed by atoms with Gasteiger partial charge in [0.25, 0.3) is 0 Å². The number of rotatable bonds is 2. The normalized spacial score (nSPS) is 20.2. The third-order valence-electron chi connectivity index (χ3n) is 4.01. The molecule has 0 amide bonds. The van der Waals surface area contributed by atoms with Crippen molar-refractivity contribution >= 4 is 23.1 Å². The Morgan fingerprint density at radius 2 is 2.10 bits per heavy atom. The molecule has 1 fully saturated rings. The first-order valence-electron chi connectivity index (χ1n) is 6.59. The van der Waals surface area contributed by atoms with Crippen LogP contribution in [0.25, 0.3) is 0 Å². The van der Waals surface area contributed by atoms with Crippen LogP contribution in [-0.4, -0.2) is 48.2 Å². The second kappa shape index (κ2) is 5.50. The van der Waals surface area contributed by atoms with E-state index in [1.165, 1.54) is 0 Å². The SMILES string of the molecule is CN1CCN(c2cccc(Cl)c2C(N)=NO)CC1(C)C. The number of likely N-dealkylation sites (N-methyl/N-ethyl adjacent to an activating group) is 1. The van der Waals surface area contributed by atoms with E-state index in [-0.39, 0.29) is 11.4 Å². The number of amidine groups is 1. The molecule has 1 heterocycles. The highest BCUT2D eigenvalue weighted by Crippen LogP contribution is 2.31. The van der Waals surface area contributed by atoms with E-state index in [0.29, 0.717) is 10.6 Å². The van der Waals surface area contributed by atoms with Crippen LogP contribution in [0.2, 0.25) is 5.02 Å². The summed E-state index contributed by atoms with van der Waals surface area (Å²) in [4.78, 5) is 4.57. The Hall–Kier alpha value is -1.46. The average molecular weight is 297 g/mol. The lowest BCUT2D eigenvalue weighted by Gasteiger charge is -2.46. The first kappa shape index (κ1) is 14.9. The fourth-order valence-electron chi connectivity index (χ4n) is 2.53. The predicted molar refractivity (Wildman–Crippen MR) is 82.9 cm³/mol. The highest BCUT2D eigenvalue weighted by molar-refractivity contribution is 6.34. The zero-order valence-electron chi connectivity index (χ0n) is 12.1. The molecule has 1 aliphatic heterocycles. The summed E-state index contributed by atoms with van der Waals surface area (Å²) in [5.74, 6) is 0.0438. The average Bonchev–Trinajstić information content (AvgIpc) is 2.40. The minimum absolute atomic E-state index is 0.0438. The molecule has 110 valence electrons. The van der Waals surface area contributed by atoms with Gasteiger partial charge in [-0.15, -0.1) is 0 Å². The van der Waals surface area contributed by atoms with Gasteiger partial charge < -0.3 is 15.8 Å². The Morgan fingerprint density at radius 3 is 2.70 bits per heavy atom. The van der Waals surface area contributed by atoms with Gasteiger partial charge in [-0.1, -0.05) is 22.8 Å². The summed E-state index contributed by atoms with van der Waals surface area (Å²) in [6.07, 6.45) is 0. The number of nitrogens with two attached hydrogens (primary N) is 1. The summed E-state index contributed by atoms with van der Waals surface area (Å²) in [5, 5.41) is 12.6. The van der Waals surface area contributed by atoms with E-state index in [1.807, 2.05) is 12.1 Å². The molecule has 20 heavy (non-hydrogen) atoms. The summed E-state index contributed by atoms with van der Waals surface area (Å²) in [5.41, 5.74) is 7.34. The Balaban J connectivity index is 2.41. The molecule has 0 radical (unpaired) electrons. The van der Waals surface area contributed by atoms with E-state index >= 15 is 0 Å². The molecule has 0 unspecified atom stereocenters. The van der Waals surface area contributed by atoms with Crippen molar-refractivity contribution in [2.45, 2.75) is 19.4 Å². The van der Waals surface area contributed by atoms with Crippen LogP contribution in [-0.2, 0) is 0 Å². The van der Waals surface area contributed by atoms with Gasteiger partial charge in [0, 0.05) is 30.9 Å². The molecule has 0 aliphatic carbocycles. The van der Waals surface area contributed by atoms with Crippen LogP contribution in [0.15, 0.2) is 23.4 Å². The summed E-state index contributed by atoms with van der Waals surface area (Å²) in [6, 6.07) is 5.59. The van der Waals surface area contributed by atoms with Crippen molar-refractivity contribution in [3.8, 4) is 0 Å². The molecule has 1 aliphatic rings. The molecule has 1 aromatic carbocycles. The van der Waals surface area contributed by atoms with Crippen LogP contribution < -0.4 is 10.6 Å². The molecular formula is C14H21ClN4O. The lowest BCUT2D eigenvalue weighted by atomic mass is 9.98. The number of piperazine rings is 1. The van der Waals surface area contributed by atoms with Crippen molar-refractivity contribution in [2.24, 2.45) is 10.9 Å². The molecule has 2 rings (SSSR count). The molecule has 0 bridgehead atoms. The molecular weight excluding hydrogens is 276 g/mol. The maximum Gasteiger partial charge on any atom is 0.173 e. The standard InChI is InChI=1S/C14H21ClN4O/c1-14(2)9-19(8-7-18(14)3)11-6-4-5-10(15)12(11)13(16)17-20/h4-6,20H,7-9H2,1-3H3,(H2,16,17). The minimum atomic E-state index is 0.0438. The zero-order chi connectivity index (χ0) is 14.9. The van der Waals surface area contributed by atoms with E-state index in [1.54, 1.807) is 6.07 Å². The van der Waals surface area contributed by atoms with Gasteiger partial charge >= 0.3 is 0 Å². The highest BCUT2D eigenvalue weighted by atomic mass is 35.5. The van der Waals surface area contributed by atoms with E-state index in [0.717, 1.165) is 25.3 Å². The second-order valence-corrected chi connectivity index (χ2v) is 6.18. The number of benzene rings is 1. The minimum Gasteiger partial charge on any atom is -0.409 e. The first-order chi connectivity index (χ1) is 9.36. The van der Waals surface area contributed by atoms with Gasteiger partial charge in [-0.05, 0) is 33.0 Å². The third-order valence-corrected chi connectivity index (χ3v) is 4.33. The van der Waals surface area contributed by atoms with Gasteiger partial charge in [0.2, 0.25) is 0 Å². The molecule has 1 saturated heterocycles. The molecule has 5 nitrogen and oxygen atoms in total. The van der Waals surface area contributed by atoms with Crippen LogP contribution in [0, 0.1) is 0 Å². The maximum absolute atomic E-state index is 8.96. The van der Waals surface area contributed by atoms with Crippen LogP contribution in [0.4, 0.5) is 5.69 Å². The molecule has 6 heteroatoms. The van der Waals surface area contributed by atoms with E-state index in [9.17, 15) is 0 Å². The lowest BCUT2D eigenvalue weighted by molar-refractivity contribution is 0.139. The second-order valence-electron chi connectivity index (χ2n) is 5.77. The topological polar surface area (TPSA) is 65.1 Å². The predicted octanol–water partition coefficient (Wildman–Crippen LogP) is 1.96. The van der Waals surface area contributed by atoms with Crippen molar-refractivity contribution in [3.63, 3.8) is 0 Å². The van der Waals surface area contributed by atoms with Gasteiger partial charge in [0.15, 0.2) is 5.84 Å². The number of anilines is 1. The van der Waals surface area contributed by atoms with Crippen LogP contribution >= 0.6 is 11.6 Å². The summed E-state index contributed by atoms with van der Waals surface area (Å²) < 4.78 is 0. The molecule has 0 atom stereocenters. The fourth-order valence-corrected chi connectivity index (χ4v) is 2.79. The van der Waals surface area contributed by atoms with Crippen molar-refractivity contribution in [1.29, 1.82) is 0 Å². The number of hydrogen-bond acceptors (Lipinski definition) is 4. The number of nitrogens with zero attached hydrogens (tertiary/aromatic N) is 3. The molecule has 3 N–H and O–H groups in total. The van der Waals surface area contributed by atoms with Crippen molar-refractivity contribution in [2.75, 3.05) is 31.6 Å². The summed E-state index contributed by atoms with van der Waals surface area (Å²) in [6.45, 7) is 7.09. The monoisotopic (exact) mass is 296 g/mol. The quantitative estimate of drug-likeness (QED) is 0.379. The van der Waals surface area contributed by atoms with Crippen molar-refractivity contribution < 1.29 is 5.21 Å². The Kier molecular flexibility index (Phi) is 4.11. The first-order valence-corrected chi connectivity index (χ1v) is 6.97. The van der Waals surface area contributed by atoms with Gasteiger partial charge in [-0.2, -0.15) is 0 Å². The van der Waals surface area contributed by atoms with Gasteiger partial charge in [0.1, 0.15) is 0 Å².